The van der Waals surface area contributed by atoms with Gasteiger partial charge in [0.25, 0.3) is 5.91 Å². The van der Waals surface area contributed by atoms with Gasteiger partial charge in [-0.05, 0) is 24.1 Å². The van der Waals surface area contributed by atoms with Crippen LogP contribution in [0.2, 0.25) is 5.02 Å². The Balaban J connectivity index is 0.00000529. The molecular formula is C16H25Cl2N3O3. The molecule has 0 saturated carbocycles. The molecular weight excluding hydrogens is 353 g/mol. The Kier molecular flexibility index (Phi) is 10.6. The van der Waals surface area contributed by atoms with Gasteiger partial charge in [-0.1, -0.05) is 25.4 Å². The third kappa shape index (κ3) is 7.49. The number of carbonyl (C=O) groups is 2. The highest BCUT2D eigenvalue weighted by atomic mass is 35.5. The van der Waals surface area contributed by atoms with Gasteiger partial charge in [0, 0.05) is 25.9 Å². The van der Waals surface area contributed by atoms with Crippen molar-refractivity contribution < 1.29 is 14.3 Å². The molecule has 0 aliphatic heterocycles. The Bertz CT molecular complexity index is 549. The average Bonchev–Trinajstić information content (AvgIpc) is 2.50. The first kappa shape index (κ1) is 22.7. The molecule has 0 saturated heterocycles. The van der Waals surface area contributed by atoms with Crippen LogP contribution in [-0.4, -0.2) is 38.1 Å². The summed E-state index contributed by atoms with van der Waals surface area (Å²) in [6.45, 7) is 4.86. The summed E-state index contributed by atoms with van der Waals surface area (Å²) in [6.07, 6.45) is -0.173. The second kappa shape index (κ2) is 11.3. The Hall–Kier alpha value is -1.34. The molecule has 0 spiro atoms. The first-order valence-corrected chi connectivity index (χ1v) is 7.85. The number of hydrogen-bond acceptors (Lipinski definition) is 4. The molecule has 4 N–H and O–H groups in total. The van der Waals surface area contributed by atoms with Gasteiger partial charge >= 0.3 is 0 Å². The van der Waals surface area contributed by atoms with Gasteiger partial charge in [0.1, 0.15) is 0 Å². The van der Waals surface area contributed by atoms with Crippen molar-refractivity contribution in [1.82, 2.24) is 5.32 Å². The Morgan fingerprint density at radius 1 is 1.33 bits per heavy atom. The lowest BCUT2D eigenvalue weighted by atomic mass is 10.1. The van der Waals surface area contributed by atoms with Crippen LogP contribution in [0.25, 0.3) is 0 Å². The molecule has 1 atom stereocenters. The van der Waals surface area contributed by atoms with Crippen molar-refractivity contribution in [2.24, 2.45) is 11.7 Å². The normalized spacial score (nSPS) is 11.6. The third-order valence-electron chi connectivity index (χ3n) is 3.18. The fourth-order valence-corrected chi connectivity index (χ4v) is 2.12. The fourth-order valence-electron chi connectivity index (χ4n) is 1.85. The van der Waals surface area contributed by atoms with Crippen LogP contribution in [0.5, 0.6) is 0 Å². The number of rotatable bonds is 8. The summed E-state index contributed by atoms with van der Waals surface area (Å²) < 4.78 is 5.06. The molecule has 1 unspecified atom stereocenters. The lowest BCUT2D eigenvalue weighted by Gasteiger charge is -2.13. The standard InChI is InChI=1S/C16H24ClN3O3.ClH/c1-10(2)9-19-16(22)13-5-4-11(6-14(13)17)20-15(21)7-12(8-18)23-3;/h4-6,10,12H,7-9,18H2,1-3H3,(H,19,22)(H,20,21);1H. The number of methoxy groups -OCH3 is 1. The van der Waals surface area contributed by atoms with Gasteiger partial charge in [0.05, 0.1) is 23.1 Å². The number of ether oxygens (including phenoxy) is 1. The first-order valence-electron chi connectivity index (χ1n) is 7.47. The van der Waals surface area contributed by atoms with Gasteiger partial charge in [-0.3, -0.25) is 9.59 Å². The van der Waals surface area contributed by atoms with Gasteiger partial charge in [0.2, 0.25) is 5.91 Å². The van der Waals surface area contributed by atoms with Crippen LogP contribution >= 0.6 is 24.0 Å². The smallest absolute Gasteiger partial charge is 0.252 e. The highest BCUT2D eigenvalue weighted by molar-refractivity contribution is 6.34. The van der Waals surface area contributed by atoms with Crippen LogP contribution in [0.3, 0.4) is 0 Å². The van der Waals surface area contributed by atoms with Gasteiger partial charge in [-0.25, -0.2) is 0 Å². The van der Waals surface area contributed by atoms with Crippen molar-refractivity contribution in [1.29, 1.82) is 0 Å². The van der Waals surface area contributed by atoms with Crippen molar-refractivity contribution in [3.63, 3.8) is 0 Å². The summed E-state index contributed by atoms with van der Waals surface area (Å²) in [4.78, 5) is 23.9. The Morgan fingerprint density at radius 2 is 2.00 bits per heavy atom. The molecule has 6 nitrogen and oxygen atoms in total. The molecule has 1 aromatic carbocycles. The predicted molar refractivity (Wildman–Crippen MR) is 99.0 cm³/mol. The van der Waals surface area contributed by atoms with Crippen molar-refractivity contribution in [2.75, 3.05) is 25.5 Å². The molecule has 0 aromatic heterocycles. The van der Waals surface area contributed by atoms with Gasteiger partial charge < -0.3 is 21.1 Å². The van der Waals surface area contributed by atoms with Gasteiger partial charge in [-0.2, -0.15) is 0 Å². The zero-order chi connectivity index (χ0) is 17.4. The number of halogens is 2. The van der Waals surface area contributed by atoms with Crippen molar-refractivity contribution in [3.8, 4) is 0 Å². The maximum atomic E-state index is 12.0. The summed E-state index contributed by atoms with van der Waals surface area (Å²) in [6, 6.07) is 4.77. The van der Waals surface area contributed by atoms with E-state index >= 15 is 0 Å². The van der Waals surface area contributed by atoms with E-state index in [-0.39, 0.29) is 48.3 Å². The number of hydrogen-bond donors (Lipinski definition) is 3. The van der Waals surface area contributed by atoms with Crippen molar-refractivity contribution in [2.45, 2.75) is 26.4 Å². The molecule has 0 radical (unpaired) electrons. The number of nitrogens with one attached hydrogen (secondary N) is 2. The second-order valence-corrected chi connectivity index (χ2v) is 6.05. The zero-order valence-corrected chi connectivity index (χ0v) is 15.7. The molecule has 2 amide bonds. The lowest BCUT2D eigenvalue weighted by Crippen LogP contribution is -2.28. The number of amides is 2. The maximum Gasteiger partial charge on any atom is 0.252 e. The van der Waals surface area contributed by atoms with Crippen molar-refractivity contribution >= 4 is 41.5 Å². The zero-order valence-electron chi connectivity index (χ0n) is 14.1. The molecule has 8 heteroatoms. The number of anilines is 1. The molecule has 1 rings (SSSR count). The lowest BCUT2D eigenvalue weighted by molar-refractivity contribution is -0.118. The molecule has 1 aromatic rings. The summed E-state index contributed by atoms with van der Waals surface area (Å²) in [5.41, 5.74) is 6.38. The minimum atomic E-state index is -0.327. The monoisotopic (exact) mass is 377 g/mol. The summed E-state index contributed by atoms with van der Waals surface area (Å²) in [7, 11) is 1.51. The number of nitrogens with two attached hydrogens (primary N) is 1. The Labute approximate surface area is 153 Å². The van der Waals surface area contributed by atoms with E-state index in [1.165, 1.54) is 7.11 Å². The highest BCUT2D eigenvalue weighted by Crippen LogP contribution is 2.21. The largest absolute Gasteiger partial charge is 0.380 e. The van der Waals surface area contributed by atoms with Crippen LogP contribution < -0.4 is 16.4 Å². The van der Waals surface area contributed by atoms with Crippen LogP contribution in [0.15, 0.2) is 18.2 Å². The van der Waals surface area contributed by atoms with E-state index in [1.807, 2.05) is 13.8 Å². The summed E-state index contributed by atoms with van der Waals surface area (Å²) in [5.74, 6) is -0.105. The quantitative estimate of drug-likeness (QED) is 0.648. The highest BCUT2D eigenvalue weighted by Gasteiger charge is 2.14. The summed E-state index contributed by atoms with van der Waals surface area (Å²) >= 11 is 6.13. The molecule has 0 aliphatic rings. The third-order valence-corrected chi connectivity index (χ3v) is 3.49. The van der Waals surface area contributed by atoms with Gasteiger partial charge in [-0.15, -0.1) is 12.4 Å². The minimum Gasteiger partial charge on any atom is -0.380 e. The minimum absolute atomic E-state index is 0. The molecule has 0 fully saturated rings. The van der Waals surface area contributed by atoms with Crippen LogP contribution in [-0.2, 0) is 9.53 Å². The second-order valence-electron chi connectivity index (χ2n) is 5.64. The molecule has 136 valence electrons. The topological polar surface area (TPSA) is 93.4 Å². The van der Waals surface area contributed by atoms with E-state index in [0.29, 0.717) is 23.7 Å². The summed E-state index contributed by atoms with van der Waals surface area (Å²) in [5, 5.41) is 5.79. The van der Waals surface area contributed by atoms with E-state index in [1.54, 1.807) is 18.2 Å². The van der Waals surface area contributed by atoms with Crippen LogP contribution in [0.1, 0.15) is 30.6 Å². The van der Waals surface area contributed by atoms with Crippen LogP contribution in [0.4, 0.5) is 5.69 Å². The van der Waals surface area contributed by atoms with E-state index in [4.69, 9.17) is 22.1 Å². The molecule has 0 bridgehead atoms. The van der Waals surface area contributed by atoms with E-state index in [9.17, 15) is 9.59 Å². The van der Waals surface area contributed by atoms with E-state index in [2.05, 4.69) is 10.6 Å². The van der Waals surface area contributed by atoms with E-state index in [0.717, 1.165) is 0 Å². The molecule has 0 aliphatic carbocycles. The molecule has 0 heterocycles. The maximum absolute atomic E-state index is 12.0. The molecule has 24 heavy (non-hydrogen) atoms. The fraction of sp³-hybridized carbons (Fsp3) is 0.500. The number of benzene rings is 1. The first-order chi connectivity index (χ1) is 10.9. The van der Waals surface area contributed by atoms with E-state index < -0.39 is 0 Å². The predicted octanol–water partition coefficient (Wildman–Crippen LogP) is 2.45. The average molecular weight is 378 g/mol. The SMILES string of the molecule is COC(CN)CC(=O)Nc1ccc(C(=O)NCC(C)C)c(Cl)c1.Cl. The number of carbonyl (C=O) groups excluding carboxylic acids is 2. The van der Waals surface area contributed by atoms with Crippen molar-refractivity contribution in [3.05, 3.63) is 28.8 Å². The van der Waals surface area contributed by atoms with Crippen LogP contribution in [0, 0.1) is 5.92 Å². The van der Waals surface area contributed by atoms with Gasteiger partial charge in [0.15, 0.2) is 0 Å². The Morgan fingerprint density at radius 3 is 2.50 bits per heavy atom.